The molecule has 1 atom stereocenters. The summed E-state index contributed by atoms with van der Waals surface area (Å²) in [7, 11) is 0. The van der Waals surface area contributed by atoms with E-state index in [0.717, 1.165) is 40.5 Å². The summed E-state index contributed by atoms with van der Waals surface area (Å²) in [5.74, 6) is -0.0168. The first-order valence-corrected chi connectivity index (χ1v) is 7.97. The molecule has 0 aliphatic carbocycles. The van der Waals surface area contributed by atoms with Crippen molar-refractivity contribution in [1.82, 2.24) is 9.88 Å². The van der Waals surface area contributed by atoms with E-state index in [9.17, 15) is 4.79 Å². The average molecular weight is 376 g/mol. The number of hydrogen-bond acceptors (Lipinski definition) is 1. The fourth-order valence-corrected chi connectivity index (χ4v) is 4.00. The maximum absolute atomic E-state index is 11.3. The van der Waals surface area contributed by atoms with Gasteiger partial charge in [-0.1, -0.05) is 39.1 Å². The lowest BCUT2D eigenvalue weighted by atomic mass is 10.0. The third-order valence-corrected chi connectivity index (χ3v) is 5.10. The summed E-state index contributed by atoms with van der Waals surface area (Å²) in [5, 5.41) is 5.14. The molecule has 3 rings (SSSR count). The van der Waals surface area contributed by atoms with Crippen LogP contribution in [0.3, 0.4) is 0 Å². The monoisotopic (exact) mass is 374 g/mol. The summed E-state index contributed by atoms with van der Waals surface area (Å²) in [6.07, 6.45) is 1.95. The number of halogens is 3. The van der Waals surface area contributed by atoms with Gasteiger partial charge in [0.1, 0.15) is 0 Å². The lowest BCUT2D eigenvalue weighted by Crippen LogP contribution is -2.30. The van der Waals surface area contributed by atoms with Crippen molar-refractivity contribution in [3.8, 4) is 0 Å². The van der Waals surface area contributed by atoms with E-state index in [1.54, 1.807) is 6.92 Å². The first-order valence-electron chi connectivity index (χ1n) is 6.42. The number of benzene rings is 1. The van der Waals surface area contributed by atoms with Crippen molar-refractivity contribution in [2.24, 2.45) is 0 Å². The number of amides is 1. The van der Waals surface area contributed by atoms with Gasteiger partial charge in [0.2, 0.25) is 5.91 Å². The molecule has 1 amide bonds. The molecule has 20 heavy (non-hydrogen) atoms. The third kappa shape index (κ3) is 2.24. The molecule has 1 aliphatic rings. The van der Waals surface area contributed by atoms with Gasteiger partial charge in [-0.15, -0.1) is 0 Å². The van der Waals surface area contributed by atoms with Gasteiger partial charge in [-0.2, -0.15) is 0 Å². The summed E-state index contributed by atoms with van der Waals surface area (Å²) < 4.78 is 3.09. The van der Waals surface area contributed by atoms with Gasteiger partial charge in [0.05, 0.1) is 21.6 Å². The number of nitrogens with one attached hydrogen (secondary N) is 1. The largest absolute Gasteiger partial charge is 0.348 e. The Morgan fingerprint density at radius 3 is 2.90 bits per heavy atom. The molecule has 1 N–H and O–H groups in total. The Kier molecular flexibility index (Phi) is 3.73. The number of aryl methyl sites for hydroxylation is 1. The second-order valence-electron chi connectivity index (χ2n) is 5.03. The van der Waals surface area contributed by atoms with E-state index in [2.05, 4.69) is 31.9 Å². The van der Waals surface area contributed by atoms with Crippen molar-refractivity contribution in [1.29, 1.82) is 0 Å². The highest BCUT2D eigenvalue weighted by molar-refractivity contribution is 9.10. The molecule has 0 spiro atoms. The highest BCUT2D eigenvalue weighted by Crippen LogP contribution is 2.41. The fraction of sp³-hybridized carbons (Fsp3) is 0.357. The summed E-state index contributed by atoms with van der Waals surface area (Å²) in [6.45, 7) is 2.43. The van der Waals surface area contributed by atoms with Gasteiger partial charge in [0.15, 0.2) is 0 Å². The molecule has 0 bridgehead atoms. The fourth-order valence-electron chi connectivity index (χ4n) is 2.88. The number of nitrogens with zero attached hydrogens (tertiary/aromatic N) is 1. The summed E-state index contributed by atoms with van der Waals surface area (Å²) in [6, 6.07) is 3.93. The SMILES string of the molecule is CC(=O)NC1CCCn2c1cc1c(Br)cc(Cl)c(Cl)c12. The standard InChI is InChI=1S/C14H13BrCl2N2O/c1-7(20)18-11-3-2-4-19-12(11)5-8-9(15)6-10(16)13(17)14(8)19/h5-6,11H,2-4H2,1H3,(H,18,20). The molecule has 0 saturated carbocycles. The molecule has 2 aromatic rings. The predicted molar refractivity (Wildman–Crippen MR) is 85.4 cm³/mol. The highest BCUT2D eigenvalue weighted by Gasteiger charge is 2.25. The second kappa shape index (κ2) is 5.24. The number of aromatic nitrogens is 1. The Labute approximate surface area is 135 Å². The summed E-state index contributed by atoms with van der Waals surface area (Å²) in [5.41, 5.74) is 2.03. The Bertz CT molecular complexity index is 711. The van der Waals surface area contributed by atoms with E-state index in [1.807, 2.05) is 6.07 Å². The van der Waals surface area contributed by atoms with E-state index in [0.29, 0.717) is 10.0 Å². The van der Waals surface area contributed by atoms with Gasteiger partial charge >= 0.3 is 0 Å². The zero-order chi connectivity index (χ0) is 14.4. The predicted octanol–water partition coefficient (Wildman–Crippen LogP) is 4.68. The summed E-state index contributed by atoms with van der Waals surface area (Å²) in [4.78, 5) is 11.3. The van der Waals surface area contributed by atoms with E-state index in [-0.39, 0.29) is 11.9 Å². The van der Waals surface area contributed by atoms with Crippen molar-refractivity contribution in [3.05, 3.63) is 32.3 Å². The zero-order valence-corrected chi connectivity index (χ0v) is 13.9. The molecule has 6 heteroatoms. The van der Waals surface area contributed by atoms with Crippen LogP contribution in [0.25, 0.3) is 10.9 Å². The highest BCUT2D eigenvalue weighted by atomic mass is 79.9. The molecule has 1 unspecified atom stereocenters. The Morgan fingerprint density at radius 2 is 2.20 bits per heavy atom. The molecule has 0 saturated heterocycles. The number of hydrogen-bond donors (Lipinski definition) is 1. The van der Waals surface area contributed by atoms with E-state index in [1.165, 1.54) is 0 Å². The molecule has 2 heterocycles. The van der Waals surface area contributed by atoms with Crippen LogP contribution in [0.15, 0.2) is 16.6 Å². The molecular weight excluding hydrogens is 363 g/mol. The van der Waals surface area contributed by atoms with Gasteiger partial charge in [0, 0.05) is 29.0 Å². The first kappa shape index (κ1) is 14.2. The molecule has 106 valence electrons. The Balaban J connectivity index is 2.24. The van der Waals surface area contributed by atoms with Crippen LogP contribution < -0.4 is 5.32 Å². The molecule has 1 aromatic carbocycles. The zero-order valence-electron chi connectivity index (χ0n) is 10.8. The van der Waals surface area contributed by atoms with Gasteiger partial charge in [-0.3, -0.25) is 4.79 Å². The topological polar surface area (TPSA) is 34.0 Å². The summed E-state index contributed by atoms with van der Waals surface area (Å²) >= 11 is 16.1. The lowest BCUT2D eigenvalue weighted by molar-refractivity contribution is -0.119. The number of rotatable bonds is 1. The van der Waals surface area contributed by atoms with Gasteiger partial charge in [-0.25, -0.2) is 0 Å². The van der Waals surface area contributed by atoms with Crippen LogP contribution >= 0.6 is 39.1 Å². The van der Waals surface area contributed by atoms with Gasteiger partial charge < -0.3 is 9.88 Å². The van der Waals surface area contributed by atoms with Crippen LogP contribution in [0.2, 0.25) is 10.0 Å². The van der Waals surface area contributed by atoms with Gasteiger partial charge in [-0.05, 0) is 25.0 Å². The van der Waals surface area contributed by atoms with Crippen LogP contribution in [-0.2, 0) is 11.3 Å². The maximum Gasteiger partial charge on any atom is 0.217 e. The maximum atomic E-state index is 11.3. The Morgan fingerprint density at radius 1 is 1.45 bits per heavy atom. The molecule has 1 aromatic heterocycles. The normalized spacial score (nSPS) is 18.1. The van der Waals surface area contributed by atoms with Crippen LogP contribution in [0.4, 0.5) is 0 Å². The van der Waals surface area contributed by atoms with Crippen LogP contribution in [0, 0.1) is 0 Å². The smallest absolute Gasteiger partial charge is 0.217 e. The van der Waals surface area contributed by atoms with Crippen molar-refractivity contribution >= 4 is 55.9 Å². The minimum atomic E-state index is -0.0168. The lowest BCUT2D eigenvalue weighted by Gasteiger charge is -2.26. The minimum absolute atomic E-state index is 0.0168. The number of carbonyl (C=O) groups is 1. The van der Waals surface area contributed by atoms with Crippen LogP contribution in [-0.4, -0.2) is 10.5 Å². The molecule has 0 fully saturated rings. The number of carbonyl (C=O) groups excluding carboxylic acids is 1. The first-order chi connectivity index (χ1) is 9.49. The quantitative estimate of drug-likeness (QED) is 0.721. The molecule has 1 aliphatic heterocycles. The molecular formula is C14H13BrCl2N2O. The Hall–Kier alpha value is -0.710. The van der Waals surface area contributed by atoms with E-state index in [4.69, 9.17) is 23.2 Å². The van der Waals surface area contributed by atoms with Crippen molar-refractivity contribution in [2.45, 2.75) is 32.4 Å². The second-order valence-corrected chi connectivity index (χ2v) is 6.67. The third-order valence-electron chi connectivity index (χ3n) is 3.67. The van der Waals surface area contributed by atoms with Crippen molar-refractivity contribution < 1.29 is 4.79 Å². The van der Waals surface area contributed by atoms with E-state index >= 15 is 0 Å². The minimum Gasteiger partial charge on any atom is -0.348 e. The average Bonchev–Trinajstić information content (AvgIpc) is 2.77. The van der Waals surface area contributed by atoms with Crippen LogP contribution in [0.5, 0.6) is 0 Å². The van der Waals surface area contributed by atoms with E-state index < -0.39 is 0 Å². The van der Waals surface area contributed by atoms with Crippen molar-refractivity contribution in [3.63, 3.8) is 0 Å². The molecule has 3 nitrogen and oxygen atoms in total. The van der Waals surface area contributed by atoms with Crippen LogP contribution in [0.1, 0.15) is 31.5 Å². The van der Waals surface area contributed by atoms with Gasteiger partial charge in [0.25, 0.3) is 0 Å². The van der Waals surface area contributed by atoms with Crippen molar-refractivity contribution in [2.75, 3.05) is 0 Å². The molecule has 0 radical (unpaired) electrons. The number of fused-ring (bicyclic) bond motifs is 3.